The Bertz CT molecular complexity index is 1390. The second kappa shape index (κ2) is 10.6. The number of nitrogens with one attached hydrogen (secondary N) is 2. The van der Waals surface area contributed by atoms with Crippen molar-refractivity contribution in [2.24, 2.45) is 0 Å². The molecule has 1 aliphatic heterocycles. The van der Waals surface area contributed by atoms with Gasteiger partial charge in [0.15, 0.2) is 0 Å². The Hall–Kier alpha value is -3.32. The topological polar surface area (TPSA) is 126 Å². The monoisotopic (exact) mass is 600 g/mol. The molecule has 2 aromatic carbocycles. The summed E-state index contributed by atoms with van der Waals surface area (Å²) < 4.78 is 62.8. The second-order valence-electron chi connectivity index (χ2n) is 7.86. The number of ether oxygens (including phenoxy) is 1. The molecule has 3 N–H and O–H groups in total. The number of halogens is 4. The number of methoxy groups -OCH3 is 1. The Balaban J connectivity index is 1.69. The third kappa shape index (κ3) is 5.82. The van der Waals surface area contributed by atoms with Crippen LogP contribution in [-0.2, 0) is 28.4 Å². The second-order valence-corrected chi connectivity index (χ2v) is 9.45. The van der Waals surface area contributed by atoms with Crippen molar-refractivity contribution in [2.75, 3.05) is 24.8 Å². The van der Waals surface area contributed by atoms with Gasteiger partial charge in [-0.2, -0.15) is 18.2 Å². The number of carbonyl (C=O) groups excluding carboxylic acids is 1. The van der Waals surface area contributed by atoms with E-state index in [0.717, 1.165) is 0 Å². The van der Waals surface area contributed by atoms with Crippen LogP contribution in [0.1, 0.15) is 27.0 Å². The molecule has 0 saturated carbocycles. The first-order valence-corrected chi connectivity index (χ1v) is 12.4. The van der Waals surface area contributed by atoms with E-state index in [4.69, 9.17) is 9.63 Å². The predicted octanol–water partition coefficient (Wildman–Crippen LogP) is 5.51. The summed E-state index contributed by atoms with van der Waals surface area (Å²) in [4.78, 5) is 30.8. The van der Waals surface area contributed by atoms with E-state index in [-0.39, 0.29) is 35.5 Å². The molecule has 0 radical (unpaired) electrons. The number of hydrogen-bond donors (Lipinski definition) is 3. The Morgan fingerprint density at radius 2 is 1.95 bits per heavy atom. The van der Waals surface area contributed by atoms with Gasteiger partial charge in [-0.25, -0.2) is 4.98 Å². The van der Waals surface area contributed by atoms with E-state index in [0.29, 0.717) is 34.0 Å². The zero-order valence-electron chi connectivity index (χ0n) is 19.3. The summed E-state index contributed by atoms with van der Waals surface area (Å²) in [7, 11) is 0.189. The van der Waals surface area contributed by atoms with Gasteiger partial charge in [-0.05, 0) is 29.8 Å². The van der Waals surface area contributed by atoms with Crippen molar-refractivity contribution in [3.63, 3.8) is 0 Å². The van der Waals surface area contributed by atoms with Gasteiger partial charge in [0.2, 0.25) is 5.95 Å². The minimum atomic E-state index is -4.77. The maximum atomic E-state index is 13.8. The molecule has 3 aromatic rings. The van der Waals surface area contributed by atoms with Gasteiger partial charge in [0.05, 0.1) is 24.0 Å². The molecule has 0 saturated heterocycles. The number of rotatable bonds is 8. The molecule has 15 heteroatoms. The van der Waals surface area contributed by atoms with Crippen molar-refractivity contribution in [3.05, 3.63) is 63.3 Å². The van der Waals surface area contributed by atoms with Crippen LogP contribution < -0.4 is 15.4 Å². The van der Waals surface area contributed by atoms with Gasteiger partial charge in [-0.1, -0.05) is 22.0 Å². The van der Waals surface area contributed by atoms with Crippen LogP contribution in [0, 0.1) is 0 Å². The first kappa shape index (κ1) is 26.7. The molecule has 194 valence electrons. The number of aromatic nitrogens is 2. The number of fused-ring (bicyclic) bond motifs is 1. The molecule has 2 heterocycles. The highest BCUT2D eigenvalue weighted by atomic mass is 79.9. The number of benzene rings is 2. The molecule has 10 nitrogen and oxygen atoms in total. The molecule has 0 fully saturated rings. The lowest BCUT2D eigenvalue weighted by Gasteiger charge is -2.17. The van der Waals surface area contributed by atoms with E-state index in [1.54, 1.807) is 19.2 Å². The van der Waals surface area contributed by atoms with Gasteiger partial charge in [0.1, 0.15) is 23.7 Å². The van der Waals surface area contributed by atoms with Crippen molar-refractivity contribution in [2.45, 2.75) is 19.3 Å². The largest absolute Gasteiger partial charge is 0.695 e. The van der Waals surface area contributed by atoms with Crippen molar-refractivity contribution in [1.29, 1.82) is 0 Å². The van der Waals surface area contributed by atoms with E-state index >= 15 is 0 Å². The number of hydrogen-bond acceptors (Lipinski definition) is 8. The van der Waals surface area contributed by atoms with Gasteiger partial charge >= 0.3 is 14.4 Å². The van der Waals surface area contributed by atoms with Crippen LogP contribution in [0.2, 0.25) is 0 Å². The molecule has 37 heavy (non-hydrogen) atoms. The fraction of sp³-hybridized carbons (Fsp3) is 0.227. The summed E-state index contributed by atoms with van der Waals surface area (Å²) in [5.41, 5.74) is 0.805. The van der Waals surface area contributed by atoms with Gasteiger partial charge in [-0.15, -0.1) is 9.42 Å². The molecule has 0 aliphatic carbocycles. The fourth-order valence-corrected chi connectivity index (χ4v) is 4.39. The quantitative estimate of drug-likeness (QED) is 0.287. The molecule has 0 spiro atoms. The van der Waals surface area contributed by atoms with E-state index in [1.165, 1.54) is 30.2 Å². The number of nitrogens with zero attached hydrogens (tertiary/aromatic N) is 3. The molecule has 1 aromatic heterocycles. The lowest BCUT2D eigenvalue weighted by atomic mass is 10.1. The van der Waals surface area contributed by atoms with Crippen molar-refractivity contribution in [3.8, 4) is 5.75 Å². The third-order valence-corrected chi connectivity index (χ3v) is 6.51. The van der Waals surface area contributed by atoms with Crippen molar-refractivity contribution >= 4 is 53.2 Å². The number of carbonyl (C=O) groups is 1. The highest BCUT2D eigenvalue weighted by Gasteiger charge is 2.36. The summed E-state index contributed by atoms with van der Waals surface area (Å²) in [6.45, 7) is 0.154. The molecule has 1 unspecified atom stereocenters. The zero-order chi connectivity index (χ0) is 26.9. The zero-order valence-corrected chi connectivity index (χ0v) is 21.7. The van der Waals surface area contributed by atoms with E-state index < -0.39 is 25.8 Å². The van der Waals surface area contributed by atoms with Crippen LogP contribution in [0.25, 0.3) is 0 Å². The van der Waals surface area contributed by atoms with Crippen LogP contribution in [0.15, 0.2) is 41.0 Å². The maximum absolute atomic E-state index is 13.8. The van der Waals surface area contributed by atoms with Gasteiger partial charge in [0, 0.05) is 34.4 Å². The summed E-state index contributed by atoms with van der Waals surface area (Å²) >= 11 is 3.38. The average molecular weight is 601 g/mol. The van der Waals surface area contributed by atoms with Crippen LogP contribution in [0.4, 0.5) is 36.3 Å². The Kier molecular flexibility index (Phi) is 7.64. The lowest BCUT2D eigenvalue weighted by Crippen LogP contribution is -2.18. The summed E-state index contributed by atoms with van der Waals surface area (Å²) in [6.07, 6.45) is -4.13. The molecular weight excluding hydrogens is 582 g/mol. The minimum absolute atomic E-state index is 0.154. The van der Waals surface area contributed by atoms with Crippen LogP contribution in [0.5, 0.6) is 5.75 Å². The first-order valence-electron chi connectivity index (χ1n) is 10.5. The minimum Gasteiger partial charge on any atom is -0.495 e. The maximum Gasteiger partial charge on any atom is 0.695 e. The Morgan fingerprint density at radius 1 is 1.22 bits per heavy atom. The molecule has 1 amide bonds. The molecule has 4 rings (SSSR count). The highest BCUT2D eigenvalue weighted by molar-refractivity contribution is 9.10. The van der Waals surface area contributed by atoms with Crippen LogP contribution in [-0.4, -0.2) is 39.8 Å². The predicted molar refractivity (Wildman–Crippen MR) is 131 cm³/mol. The molecule has 0 bridgehead atoms. The van der Waals surface area contributed by atoms with E-state index in [9.17, 15) is 22.5 Å². The van der Waals surface area contributed by atoms with E-state index in [1.807, 2.05) is 0 Å². The van der Waals surface area contributed by atoms with Gasteiger partial charge in [-0.3, -0.25) is 4.79 Å². The molecular formula is C22H19BrF3N5O5P+. The SMILES string of the molecule is COc1cc(CO[P+](=O)O)ccc1Nc1ncc(C(F)(F)F)c(Nc2ccc(Br)c3c2C(=O)N(C)C3)n1. The number of anilines is 4. The summed E-state index contributed by atoms with van der Waals surface area (Å²) in [5.74, 6) is -0.785. The summed E-state index contributed by atoms with van der Waals surface area (Å²) in [5, 5.41) is 5.48. The normalized spacial score (nSPS) is 13.4. The van der Waals surface area contributed by atoms with Crippen LogP contribution in [0.3, 0.4) is 0 Å². The number of alkyl halides is 3. The van der Waals surface area contributed by atoms with Crippen molar-refractivity contribution < 1.29 is 36.7 Å². The summed E-state index contributed by atoms with van der Waals surface area (Å²) in [6, 6.07) is 7.77. The average Bonchev–Trinajstić information content (AvgIpc) is 3.14. The van der Waals surface area contributed by atoms with Gasteiger partial charge < -0.3 is 20.3 Å². The standard InChI is InChI=1S/C22H18BrF3N5O5P/c1-31-9-12-14(23)4-6-16(18(12)20(31)32)28-19-13(22(24,25)26)8-27-21(30-19)29-15-5-3-11(7-17(15)35-2)10-36-37(33)34/h3-8H,9-10H2,1-2H3,(H2-,27,28,29,30,32,33,34)/p+1. The Morgan fingerprint density at radius 3 is 2.62 bits per heavy atom. The number of amides is 1. The van der Waals surface area contributed by atoms with Crippen molar-refractivity contribution in [1.82, 2.24) is 14.9 Å². The smallest absolute Gasteiger partial charge is 0.495 e. The van der Waals surface area contributed by atoms with Gasteiger partial charge in [0.25, 0.3) is 5.91 Å². The lowest BCUT2D eigenvalue weighted by molar-refractivity contribution is -0.137. The molecule has 1 atom stereocenters. The Labute approximate surface area is 217 Å². The first-order chi connectivity index (χ1) is 17.5. The molecule has 1 aliphatic rings. The van der Waals surface area contributed by atoms with E-state index in [2.05, 4.69) is 41.1 Å². The van der Waals surface area contributed by atoms with Crippen LogP contribution >= 0.6 is 24.2 Å². The third-order valence-electron chi connectivity index (χ3n) is 5.41. The fourth-order valence-electron chi connectivity index (χ4n) is 3.68. The highest BCUT2D eigenvalue weighted by Crippen LogP contribution is 2.39.